The number of hydrogen-bond acceptors (Lipinski definition) is 8. The maximum absolute atomic E-state index is 13.9. The van der Waals surface area contributed by atoms with Gasteiger partial charge in [0.1, 0.15) is 18.4 Å². The Labute approximate surface area is 176 Å². The minimum Gasteiger partial charge on any atom is -0.377 e. The first-order valence-corrected chi connectivity index (χ1v) is 10.3. The lowest BCUT2D eigenvalue weighted by atomic mass is 10.1. The lowest BCUT2D eigenvalue weighted by molar-refractivity contribution is -0.153. The van der Waals surface area contributed by atoms with E-state index in [0.29, 0.717) is 31.4 Å². The van der Waals surface area contributed by atoms with Gasteiger partial charge in [-0.1, -0.05) is 19.0 Å². The second kappa shape index (κ2) is 8.13. The molecule has 31 heavy (non-hydrogen) atoms. The van der Waals surface area contributed by atoms with E-state index in [9.17, 15) is 18.0 Å². The van der Waals surface area contributed by atoms with Crippen LogP contribution in [-0.4, -0.2) is 57.7 Å². The summed E-state index contributed by atoms with van der Waals surface area (Å²) in [6.45, 7) is 6.69. The molecule has 0 radical (unpaired) electrons. The number of fused-ring (bicyclic) bond motifs is 1. The van der Waals surface area contributed by atoms with Crippen molar-refractivity contribution in [1.29, 1.82) is 0 Å². The van der Waals surface area contributed by atoms with E-state index in [-0.39, 0.29) is 43.3 Å². The van der Waals surface area contributed by atoms with E-state index in [1.165, 1.54) is 10.6 Å². The molecule has 9 nitrogen and oxygen atoms in total. The van der Waals surface area contributed by atoms with Gasteiger partial charge in [0.2, 0.25) is 11.8 Å². The van der Waals surface area contributed by atoms with Crippen LogP contribution in [0.3, 0.4) is 0 Å². The smallest absolute Gasteiger partial charge is 0.377 e. The van der Waals surface area contributed by atoms with Gasteiger partial charge in [-0.05, 0) is 13.3 Å². The highest BCUT2D eigenvalue weighted by molar-refractivity contribution is 5.47. The Morgan fingerprint density at radius 1 is 1.26 bits per heavy atom. The van der Waals surface area contributed by atoms with Crippen LogP contribution in [0.4, 0.5) is 24.9 Å². The summed E-state index contributed by atoms with van der Waals surface area (Å²) in [7, 11) is 0. The Morgan fingerprint density at radius 3 is 2.68 bits per heavy atom. The third kappa shape index (κ3) is 4.25. The normalized spacial score (nSPS) is 22.2. The molecular formula is C19H25F3N6O3. The number of hydrogen-bond donors (Lipinski definition) is 0. The van der Waals surface area contributed by atoms with E-state index in [2.05, 4.69) is 15.1 Å². The van der Waals surface area contributed by atoms with Crippen molar-refractivity contribution in [3.8, 4) is 0 Å². The molecule has 170 valence electrons. The van der Waals surface area contributed by atoms with E-state index < -0.39 is 17.8 Å². The quantitative estimate of drug-likeness (QED) is 0.713. The summed E-state index contributed by atoms with van der Waals surface area (Å²) < 4.78 is 53.5. The Bertz CT molecular complexity index is 989. The van der Waals surface area contributed by atoms with Crippen LogP contribution >= 0.6 is 0 Å². The van der Waals surface area contributed by atoms with Crippen LogP contribution in [0, 0.1) is 0 Å². The molecule has 12 heteroatoms. The molecule has 2 aromatic rings. The topological polar surface area (TPSA) is 89.5 Å². The van der Waals surface area contributed by atoms with Crippen molar-refractivity contribution >= 4 is 11.8 Å². The number of aromatic nitrogens is 4. The van der Waals surface area contributed by atoms with E-state index in [1.807, 2.05) is 25.7 Å². The van der Waals surface area contributed by atoms with E-state index >= 15 is 0 Å². The average molecular weight is 442 g/mol. The molecule has 0 spiro atoms. The minimum absolute atomic E-state index is 0.0280. The SMILES string of the molecule is CC(C)c1noc(CN2c3nc(N4CCOC[C@H]4C)cc(=O)n3CC[C@H]2C(F)(F)F)n1. The number of rotatable bonds is 4. The van der Waals surface area contributed by atoms with Crippen molar-refractivity contribution < 1.29 is 22.4 Å². The molecule has 1 fully saturated rings. The van der Waals surface area contributed by atoms with Crippen molar-refractivity contribution in [2.24, 2.45) is 0 Å². The van der Waals surface area contributed by atoms with Crippen molar-refractivity contribution in [2.45, 2.75) is 64.5 Å². The molecule has 2 aliphatic heterocycles. The van der Waals surface area contributed by atoms with Crippen LogP contribution in [0.5, 0.6) is 0 Å². The molecule has 4 heterocycles. The molecular weight excluding hydrogens is 417 g/mol. The molecule has 0 aromatic carbocycles. The van der Waals surface area contributed by atoms with Gasteiger partial charge in [0.15, 0.2) is 5.82 Å². The van der Waals surface area contributed by atoms with Crippen LogP contribution in [0.1, 0.15) is 44.8 Å². The van der Waals surface area contributed by atoms with Crippen molar-refractivity contribution in [1.82, 2.24) is 19.7 Å². The molecule has 0 saturated carbocycles. The van der Waals surface area contributed by atoms with E-state index in [0.717, 1.165) is 4.90 Å². The summed E-state index contributed by atoms with van der Waals surface area (Å²) in [4.78, 5) is 24.4. The summed E-state index contributed by atoms with van der Waals surface area (Å²) >= 11 is 0. The second-order valence-corrected chi connectivity index (χ2v) is 8.20. The lowest BCUT2D eigenvalue weighted by Gasteiger charge is -2.39. The van der Waals surface area contributed by atoms with Gasteiger partial charge in [-0.25, -0.2) is 0 Å². The molecule has 2 atom stereocenters. The van der Waals surface area contributed by atoms with Gasteiger partial charge in [-0.2, -0.15) is 23.1 Å². The first-order chi connectivity index (χ1) is 14.6. The van der Waals surface area contributed by atoms with Gasteiger partial charge in [-0.15, -0.1) is 0 Å². The monoisotopic (exact) mass is 442 g/mol. The number of ether oxygens (including phenoxy) is 1. The van der Waals surface area contributed by atoms with Gasteiger partial charge in [0, 0.05) is 25.1 Å². The largest absolute Gasteiger partial charge is 0.408 e. The van der Waals surface area contributed by atoms with Gasteiger partial charge < -0.3 is 19.1 Å². The number of morpholine rings is 1. The number of nitrogens with zero attached hydrogens (tertiary/aromatic N) is 6. The van der Waals surface area contributed by atoms with Crippen molar-refractivity contribution in [3.05, 3.63) is 28.1 Å². The Balaban J connectivity index is 1.76. The van der Waals surface area contributed by atoms with Crippen molar-refractivity contribution in [3.63, 3.8) is 0 Å². The lowest BCUT2D eigenvalue weighted by Crippen LogP contribution is -2.52. The van der Waals surface area contributed by atoms with E-state index in [1.54, 1.807) is 0 Å². The zero-order valence-corrected chi connectivity index (χ0v) is 17.6. The highest BCUT2D eigenvalue weighted by Gasteiger charge is 2.47. The van der Waals surface area contributed by atoms with Crippen molar-refractivity contribution in [2.75, 3.05) is 29.6 Å². The highest BCUT2D eigenvalue weighted by atomic mass is 19.4. The van der Waals surface area contributed by atoms with Gasteiger partial charge in [-0.3, -0.25) is 9.36 Å². The Hall–Kier alpha value is -2.63. The summed E-state index contributed by atoms with van der Waals surface area (Å²) in [6, 6.07) is -0.490. The highest BCUT2D eigenvalue weighted by Crippen LogP contribution is 2.35. The number of halogens is 3. The molecule has 0 aliphatic carbocycles. The molecule has 1 saturated heterocycles. The van der Waals surface area contributed by atoms with Crippen LogP contribution in [-0.2, 0) is 17.8 Å². The van der Waals surface area contributed by atoms with Crippen LogP contribution in [0.25, 0.3) is 0 Å². The molecule has 0 bridgehead atoms. The molecule has 4 rings (SSSR count). The molecule has 2 aliphatic rings. The minimum atomic E-state index is -4.51. The van der Waals surface area contributed by atoms with Gasteiger partial charge in [0.05, 0.1) is 19.3 Å². The first-order valence-electron chi connectivity index (χ1n) is 10.3. The van der Waals surface area contributed by atoms with Crippen LogP contribution < -0.4 is 15.4 Å². The Morgan fingerprint density at radius 2 is 2.03 bits per heavy atom. The van der Waals surface area contributed by atoms with Crippen LogP contribution in [0.15, 0.2) is 15.4 Å². The zero-order valence-electron chi connectivity index (χ0n) is 17.6. The standard InChI is InChI=1S/C19H25F3N6O3/c1-11(2)17-24-15(31-25-17)9-28-13(19(20,21)22)4-5-27-16(29)8-14(23-18(27)28)26-6-7-30-10-12(26)3/h8,11-13H,4-7,9-10H2,1-3H3/t12-,13+/m1/s1. The summed E-state index contributed by atoms with van der Waals surface area (Å²) in [5.74, 6) is 0.731. The fourth-order valence-electron chi connectivity index (χ4n) is 3.91. The summed E-state index contributed by atoms with van der Waals surface area (Å²) in [6.07, 6.45) is -4.78. The third-order valence-electron chi connectivity index (χ3n) is 5.58. The fraction of sp³-hybridized carbons (Fsp3) is 0.684. The van der Waals surface area contributed by atoms with Gasteiger partial charge in [0.25, 0.3) is 5.56 Å². The van der Waals surface area contributed by atoms with Crippen LogP contribution in [0.2, 0.25) is 0 Å². The van der Waals surface area contributed by atoms with E-state index in [4.69, 9.17) is 9.26 Å². The predicted octanol–water partition coefficient (Wildman–Crippen LogP) is 2.32. The summed E-state index contributed by atoms with van der Waals surface area (Å²) in [5, 5.41) is 3.84. The fourth-order valence-corrected chi connectivity index (χ4v) is 3.91. The average Bonchev–Trinajstić information content (AvgIpc) is 3.17. The van der Waals surface area contributed by atoms with Gasteiger partial charge >= 0.3 is 6.18 Å². The third-order valence-corrected chi connectivity index (χ3v) is 5.58. The predicted molar refractivity (Wildman–Crippen MR) is 105 cm³/mol. The maximum atomic E-state index is 13.9. The zero-order chi connectivity index (χ0) is 22.3. The Kier molecular flexibility index (Phi) is 5.67. The first kappa shape index (κ1) is 21.6. The molecule has 0 amide bonds. The molecule has 0 N–H and O–H groups in total. The maximum Gasteiger partial charge on any atom is 0.408 e. The molecule has 0 unspecified atom stereocenters. The number of anilines is 2. The number of alkyl halides is 3. The summed E-state index contributed by atoms with van der Waals surface area (Å²) in [5.41, 5.74) is -0.391. The second-order valence-electron chi connectivity index (χ2n) is 8.20. The molecule has 2 aromatic heterocycles.